The number of amides is 1. The van der Waals surface area contributed by atoms with Gasteiger partial charge < -0.3 is 15.0 Å². The fourth-order valence-electron chi connectivity index (χ4n) is 2.38. The number of nitrogens with zero attached hydrogens (tertiary/aromatic N) is 1. The number of nitrogens with one attached hydrogen (secondary N) is 1. The van der Waals surface area contributed by atoms with E-state index in [0.29, 0.717) is 12.5 Å². The molecule has 1 aliphatic heterocycles. The van der Waals surface area contributed by atoms with Gasteiger partial charge in [-0.25, -0.2) is 0 Å². The topological polar surface area (TPSA) is 41.6 Å². The van der Waals surface area contributed by atoms with Gasteiger partial charge in [0.05, 0.1) is 7.11 Å². The van der Waals surface area contributed by atoms with Gasteiger partial charge in [0, 0.05) is 25.1 Å². The van der Waals surface area contributed by atoms with Crippen molar-refractivity contribution in [1.29, 1.82) is 0 Å². The molecule has 1 unspecified atom stereocenters. The van der Waals surface area contributed by atoms with Gasteiger partial charge in [0.25, 0.3) is 0 Å². The first-order valence-electron chi connectivity index (χ1n) is 6.71. The van der Waals surface area contributed by atoms with Gasteiger partial charge in [-0.1, -0.05) is 25.1 Å². The average molecular weight is 262 g/mol. The molecule has 1 atom stereocenters. The Balaban J connectivity index is 1.99. The molecule has 0 aliphatic carbocycles. The van der Waals surface area contributed by atoms with Crippen LogP contribution in [0.1, 0.15) is 12.5 Å². The Hall–Kier alpha value is -1.55. The molecule has 0 saturated carbocycles. The van der Waals surface area contributed by atoms with Crippen LogP contribution in [0, 0.1) is 11.8 Å². The summed E-state index contributed by atoms with van der Waals surface area (Å²) in [6, 6.07) is 7.83. The van der Waals surface area contributed by atoms with E-state index < -0.39 is 0 Å². The summed E-state index contributed by atoms with van der Waals surface area (Å²) in [7, 11) is 3.51. The van der Waals surface area contributed by atoms with Gasteiger partial charge in [-0.2, -0.15) is 0 Å². The van der Waals surface area contributed by atoms with Crippen molar-refractivity contribution in [2.24, 2.45) is 11.8 Å². The molecule has 1 aromatic rings. The number of para-hydroxylation sites is 1. The zero-order chi connectivity index (χ0) is 13.8. The van der Waals surface area contributed by atoms with Crippen LogP contribution in [0.2, 0.25) is 0 Å². The van der Waals surface area contributed by atoms with Crippen LogP contribution in [-0.4, -0.2) is 38.1 Å². The lowest BCUT2D eigenvalue weighted by atomic mass is 9.88. The number of hydrogen-bond acceptors (Lipinski definition) is 3. The summed E-state index contributed by atoms with van der Waals surface area (Å²) < 4.78 is 5.32. The van der Waals surface area contributed by atoms with Crippen molar-refractivity contribution in [2.75, 3.05) is 27.2 Å². The summed E-state index contributed by atoms with van der Waals surface area (Å²) >= 11 is 0. The Morgan fingerprint density at radius 1 is 1.47 bits per heavy atom. The number of carbonyl (C=O) groups is 1. The van der Waals surface area contributed by atoms with Crippen molar-refractivity contribution in [3.8, 4) is 5.75 Å². The summed E-state index contributed by atoms with van der Waals surface area (Å²) in [4.78, 5) is 14.1. The van der Waals surface area contributed by atoms with Crippen molar-refractivity contribution < 1.29 is 9.53 Å². The second-order valence-electron chi connectivity index (χ2n) is 5.21. The highest BCUT2D eigenvalue weighted by Crippen LogP contribution is 2.22. The number of benzene rings is 1. The molecule has 1 amide bonds. The number of carbonyl (C=O) groups excluding carboxylic acids is 1. The summed E-state index contributed by atoms with van der Waals surface area (Å²) in [5, 5.41) is 3.21. The monoisotopic (exact) mass is 262 g/mol. The van der Waals surface area contributed by atoms with Gasteiger partial charge in [0.2, 0.25) is 5.91 Å². The summed E-state index contributed by atoms with van der Waals surface area (Å²) in [5.74, 6) is 1.60. The molecule has 4 nitrogen and oxygen atoms in total. The lowest BCUT2D eigenvalue weighted by molar-refractivity contribution is -0.136. The lowest BCUT2D eigenvalue weighted by Crippen LogP contribution is -2.49. The quantitative estimate of drug-likeness (QED) is 0.874. The molecular formula is C15H22N2O2. The standard InChI is InChI=1S/C15H22N2O2/c1-11(13-8-16-9-13)15(18)17(2)10-12-6-4-5-7-14(12)19-3/h4-7,11,13,16H,8-10H2,1-3H3. The molecule has 19 heavy (non-hydrogen) atoms. The summed E-state index contributed by atoms with van der Waals surface area (Å²) in [6.45, 7) is 4.52. The Morgan fingerprint density at radius 3 is 2.74 bits per heavy atom. The zero-order valence-corrected chi connectivity index (χ0v) is 11.8. The van der Waals surface area contributed by atoms with Crippen LogP contribution in [0.3, 0.4) is 0 Å². The van der Waals surface area contributed by atoms with E-state index in [-0.39, 0.29) is 11.8 Å². The highest BCUT2D eigenvalue weighted by atomic mass is 16.5. The number of ether oxygens (including phenoxy) is 1. The van der Waals surface area contributed by atoms with E-state index in [9.17, 15) is 4.79 Å². The van der Waals surface area contributed by atoms with Crippen LogP contribution >= 0.6 is 0 Å². The van der Waals surface area contributed by atoms with Crippen LogP contribution in [0.4, 0.5) is 0 Å². The molecule has 0 spiro atoms. The third kappa shape index (κ3) is 3.07. The van der Waals surface area contributed by atoms with Gasteiger partial charge in [0.15, 0.2) is 0 Å². The summed E-state index contributed by atoms with van der Waals surface area (Å²) in [5.41, 5.74) is 1.04. The second kappa shape index (κ2) is 6.06. The molecule has 2 rings (SSSR count). The van der Waals surface area contributed by atoms with Gasteiger partial charge in [-0.3, -0.25) is 4.79 Å². The largest absolute Gasteiger partial charge is 0.496 e. The van der Waals surface area contributed by atoms with Crippen LogP contribution in [0.15, 0.2) is 24.3 Å². The predicted octanol–water partition coefficient (Wildman–Crippen LogP) is 1.51. The molecule has 0 aromatic heterocycles. The molecule has 4 heteroatoms. The third-order valence-electron chi connectivity index (χ3n) is 3.89. The highest BCUT2D eigenvalue weighted by molar-refractivity contribution is 5.78. The first-order valence-corrected chi connectivity index (χ1v) is 6.71. The van der Waals surface area contributed by atoms with Crippen molar-refractivity contribution >= 4 is 5.91 Å². The molecule has 104 valence electrons. The van der Waals surface area contributed by atoms with Gasteiger partial charge >= 0.3 is 0 Å². The smallest absolute Gasteiger partial charge is 0.225 e. The van der Waals surface area contributed by atoms with Crippen LogP contribution in [0.5, 0.6) is 5.75 Å². The SMILES string of the molecule is COc1ccccc1CN(C)C(=O)C(C)C1CNC1. The van der Waals surface area contributed by atoms with E-state index in [1.807, 2.05) is 38.2 Å². The normalized spacial score (nSPS) is 16.6. The van der Waals surface area contributed by atoms with Gasteiger partial charge in [0.1, 0.15) is 5.75 Å². The molecular weight excluding hydrogens is 240 g/mol. The van der Waals surface area contributed by atoms with E-state index in [0.717, 1.165) is 24.4 Å². The maximum atomic E-state index is 12.3. The van der Waals surface area contributed by atoms with Gasteiger partial charge in [-0.05, 0) is 25.1 Å². The Bertz CT molecular complexity index is 444. The minimum atomic E-state index is 0.0842. The average Bonchev–Trinajstić information content (AvgIpc) is 2.36. The zero-order valence-electron chi connectivity index (χ0n) is 11.8. The lowest BCUT2D eigenvalue weighted by Gasteiger charge is -2.34. The van der Waals surface area contributed by atoms with Crippen molar-refractivity contribution in [3.63, 3.8) is 0 Å². The van der Waals surface area contributed by atoms with E-state index in [2.05, 4.69) is 5.32 Å². The van der Waals surface area contributed by atoms with Gasteiger partial charge in [-0.15, -0.1) is 0 Å². The fourth-order valence-corrected chi connectivity index (χ4v) is 2.38. The molecule has 0 bridgehead atoms. The Morgan fingerprint density at radius 2 is 2.16 bits per heavy atom. The Labute approximate surface area is 114 Å². The molecule has 1 heterocycles. The molecule has 1 aliphatic rings. The van der Waals surface area contributed by atoms with Crippen LogP contribution in [0.25, 0.3) is 0 Å². The van der Waals surface area contributed by atoms with Crippen LogP contribution in [-0.2, 0) is 11.3 Å². The van der Waals surface area contributed by atoms with E-state index in [1.165, 1.54) is 0 Å². The maximum absolute atomic E-state index is 12.3. The number of rotatable bonds is 5. The highest BCUT2D eigenvalue weighted by Gasteiger charge is 2.30. The first-order chi connectivity index (χ1) is 9.13. The molecule has 0 radical (unpaired) electrons. The maximum Gasteiger partial charge on any atom is 0.225 e. The van der Waals surface area contributed by atoms with E-state index >= 15 is 0 Å². The minimum absolute atomic E-state index is 0.0842. The molecule has 1 saturated heterocycles. The van der Waals surface area contributed by atoms with Crippen molar-refractivity contribution in [3.05, 3.63) is 29.8 Å². The summed E-state index contributed by atoms with van der Waals surface area (Å²) in [6.07, 6.45) is 0. The number of methoxy groups -OCH3 is 1. The fraction of sp³-hybridized carbons (Fsp3) is 0.533. The molecule has 1 fully saturated rings. The van der Waals surface area contributed by atoms with Crippen LogP contribution < -0.4 is 10.1 Å². The minimum Gasteiger partial charge on any atom is -0.496 e. The predicted molar refractivity (Wildman–Crippen MR) is 75.0 cm³/mol. The van der Waals surface area contributed by atoms with E-state index in [4.69, 9.17) is 4.74 Å². The van der Waals surface area contributed by atoms with Crippen molar-refractivity contribution in [1.82, 2.24) is 10.2 Å². The third-order valence-corrected chi connectivity index (χ3v) is 3.89. The second-order valence-corrected chi connectivity index (χ2v) is 5.21. The number of hydrogen-bond donors (Lipinski definition) is 1. The van der Waals surface area contributed by atoms with E-state index in [1.54, 1.807) is 12.0 Å². The Kier molecular flexibility index (Phi) is 4.43. The molecule has 1 aromatic carbocycles. The molecule has 1 N–H and O–H groups in total. The van der Waals surface area contributed by atoms with Crippen molar-refractivity contribution in [2.45, 2.75) is 13.5 Å². The first kappa shape index (κ1) is 13.9.